The molecule has 0 saturated carbocycles. The number of hydrogen-bond acceptors (Lipinski definition) is 7. The number of primary amides is 1. The van der Waals surface area contributed by atoms with Crippen molar-refractivity contribution in [2.75, 3.05) is 20.6 Å². The molecular formula is C20H29N5O6S. The summed E-state index contributed by atoms with van der Waals surface area (Å²) in [6.45, 7) is 4.09. The van der Waals surface area contributed by atoms with Crippen molar-refractivity contribution in [3.63, 3.8) is 0 Å². The summed E-state index contributed by atoms with van der Waals surface area (Å²) in [6.07, 6.45) is 0.0862. The third-order valence-corrected chi connectivity index (χ3v) is 7.69. The first-order valence-corrected chi connectivity index (χ1v) is 11.3. The fourth-order valence-electron chi connectivity index (χ4n) is 4.72. The van der Waals surface area contributed by atoms with Crippen molar-refractivity contribution in [1.29, 1.82) is 0 Å². The Balaban J connectivity index is 1.73. The van der Waals surface area contributed by atoms with E-state index in [9.17, 15) is 29.1 Å². The number of likely N-dealkylation sites (N-methyl/N-ethyl adjacent to an activating group) is 1. The van der Waals surface area contributed by atoms with Crippen LogP contribution in [0.1, 0.15) is 26.7 Å². The number of carboxylic acids is 1. The average molecular weight is 468 g/mol. The normalized spacial score (nSPS) is 29.9. The average Bonchev–Trinajstić information content (AvgIpc) is 3.22. The highest BCUT2D eigenvalue weighted by Gasteiger charge is 2.60. The molecule has 2 saturated heterocycles. The van der Waals surface area contributed by atoms with Gasteiger partial charge in [-0.3, -0.25) is 19.2 Å². The summed E-state index contributed by atoms with van der Waals surface area (Å²) in [7, 11) is 3.38. The summed E-state index contributed by atoms with van der Waals surface area (Å²) in [4.78, 5) is 63.4. The zero-order valence-corrected chi connectivity index (χ0v) is 19.3. The molecule has 2 fully saturated rings. The molecule has 0 aliphatic carbocycles. The number of β-lactam (4-membered cyclic amide) rings is 1. The van der Waals surface area contributed by atoms with Crippen molar-refractivity contribution < 1.29 is 29.1 Å². The number of hydrogen-bond donors (Lipinski definition) is 4. The zero-order chi connectivity index (χ0) is 23.9. The fourth-order valence-corrected chi connectivity index (χ4v) is 6.20. The number of carboxylic acid groups (broad SMARTS) is 1. The minimum Gasteiger partial charge on any atom is -0.477 e. The molecule has 32 heavy (non-hydrogen) atoms. The maximum absolute atomic E-state index is 12.9. The van der Waals surface area contributed by atoms with Crippen LogP contribution in [-0.2, 0) is 24.0 Å². The van der Waals surface area contributed by atoms with Gasteiger partial charge in [0, 0.05) is 42.8 Å². The van der Waals surface area contributed by atoms with E-state index in [2.05, 4.69) is 10.6 Å². The van der Waals surface area contributed by atoms with Gasteiger partial charge >= 0.3 is 5.97 Å². The van der Waals surface area contributed by atoms with Gasteiger partial charge in [0.2, 0.25) is 23.6 Å². The molecule has 176 valence electrons. The number of nitrogens with two attached hydrogens (primary N) is 1. The van der Waals surface area contributed by atoms with E-state index in [0.717, 1.165) is 0 Å². The van der Waals surface area contributed by atoms with Crippen molar-refractivity contribution in [3.05, 3.63) is 10.6 Å². The number of carbonyl (C=O) groups is 5. The van der Waals surface area contributed by atoms with Crippen LogP contribution in [0, 0.1) is 11.8 Å². The summed E-state index contributed by atoms with van der Waals surface area (Å²) < 4.78 is 0. The Morgan fingerprint density at radius 3 is 2.56 bits per heavy atom. The molecule has 4 amide bonds. The van der Waals surface area contributed by atoms with Crippen LogP contribution in [0.3, 0.4) is 0 Å². The van der Waals surface area contributed by atoms with Gasteiger partial charge in [0.15, 0.2) is 0 Å². The van der Waals surface area contributed by atoms with Crippen molar-refractivity contribution >= 4 is 41.4 Å². The van der Waals surface area contributed by atoms with Gasteiger partial charge in [-0.05, 0) is 13.3 Å². The number of carbonyl (C=O) groups excluding carboxylic acids is 4. The van der Waals surface area contributed by atoms with E-state index in [0.29, 0.717) is 17.9 Å². The van der Waals surface area contributed by atoms with Crippen LogP contribution in [0.4, 0.5) is 0 Å². The van der Waals surface area contributed by atoms with Gasteiger partial charge < -0.3 is 31.3 Å². The predicted octanol–water partition coefficient (Wildman–Crippen LogP) is -1.31. The summed E-state index contributed by atoms with van der Waals surface area (Å²) in [5.41, 5.74) is 5.02. The standard InChI is InChI=1S/C20H29N5O6S/c1-8-15-14(9(2)23-13(27)6-12(21)26)19(29)25(15)16(20(30)31)17(8)32-10-5-11(22-7-10)18(28)24(3)4/h8-11,14-15,22H,5-7H2,1-4H3,(H2,21,26)(H,23,27)(H,30,31)/t8-,9-,10+,11+,14-,15-/m1/s1. The van der Waals surface area contributed by atoms with Crippen molar-refractivity contribution in [3.8, 4) is 0 Å². The number of rotatable bonds is 8. The number of amides is 4. The summed E-state index contributed by atoms with van der Waals surface area (Å²) in [6, 6.07) is -1.29. The Kier molecular flexibility index (Phi) is 6.84. The molecule has 0 radical (unpaired) electrons. The molecule has 5 N–H and O–H groups in total. The molecule has 0 spiro atoms. The predicted molar refractivity (Wildman–Crippen MR) is 116 cm³/mol. The fraction of sp³-hybridized carbons (Fsp3) is 0.650. The first-order valence-electron chi connectivity index (χ1n) is 10.4. The van der Waals surface area contributed by atoms with Crippen molar-refractivity contribution in [1.82, 2.24) is 20.4 Å². The highest BCUT2D eigenvalue weighted by molar-refractivity contribution is 8.03. The Hall–Kier alpha value is -2.60. The second kappa shape index (κ2) is 9.10. The van der Waals surface area contributed by atoms with E-state index in [1.165, 1.54) is 21.6 Å². The van der Waals surface area contributed by atoms with Crippen molar-refractivity contribution in [2.45, 2.75) is 50.1 Å². The summed E-state index contributed by atoms with van der Waals surface area (Å²) in [5.74, 6) is -3.75. The lowest BCUT2D eigenvalue weighted by molar-refractivity contribution is -0.158. The van der Waals surface area contributed by atoms with Crippen LogP contribution in [0.5, 0.6) is 0 Å². The molecule has 0 bridgehead atoms. The molecule has 3 aliphatic heterocycles. The lowest BCUT2D eigenvalue weighted by Gasteiger charge is -2.47. The maximum Gasteiger partial charge on any atom is 0.353 e. The molecule has 0 aromatic carbocycles. The van der Waals surface area contributed by atoms with Gasteiger partial charge in [0.05, 0.1) is 18.0 Å². The molecule has 12 heteroatoms. The van der Waals surface area contributed by atoms with E-state index >= 15 is 0 Å². The van der Waals surface area contributed by atoms with Gasteiger partial charge in [0.25, 0.3) is 0 Å². The van der Waals surface area contributed by atoms with Crippen LogP contribution >= 0.6 is 11.8 Å². The van der Waals surface area contributed by atoms with Crippen LogP contribution < -0.4 is 16.4 Å². The van der Waals surface area contributed by atoms with Gasteiger partial charge in [0.1, 0.15) is 12.1 Å². The largest absolute Gasteiger partial charge is 0.477 e. The van der Waals surface area contributed by atoms with Crippen LogP contribution in [0.2, 0.25) is 0 Å². The molecule has 0 aromatic rings. The summed E-state index contributed by atoms with van der Waals surface area (Å²) in [5, 5.41) is 15.6. The lowest BCUT2D eigenvalue weighted by atomic mass is 9.78. The van der Waals surface area contributed by atoms with E-state index in [1.54, 1.807) is 21.0 Å². The lowest BCUT2D eigenvalue weighted by Crippen LogP contribution is -2.66. The molecule has 3 heterocycles. The first-order chi connectivity index (χ1) is 14.9. The van der Waals surface area contributed by atoms with Crippen LogP contribution in [0.25, 0.3) is 0 Å². The molecular weight excluding hydrogens is 438 g/mol. The van der Waals surface area contributed by atoms with Crippen molar-refractivity contribution in [2.24, 2.45) is 17.6 Å². The van der Waals surface area contributed by atoms with Crippen LogP contribution in [0.15, 0.2) is 10.6 Å². The highest BCUT2D eigenvalue weighted by atomic mass is 32.2. The monoisotopic (exact) mass is 467 g/mol. The highest BCUT2D eigenvalue weighted by Crippen LogP contribution is 2.51. The smallest absolute Gasteiger partial charge is 0.353 e. The second-order valence-corrected chi connectivity index (χ2v) is 10.0. The molecule has 0 unspecified atom stereocenters. The van der Waals surface area contributed by atoms with E-state index < -0.39 is 42.2 Å². The van der Waals surface area contributed by atoms with Crippen LogP contribution in [-0.4, -0.2) is 88.5 Å². The molecule has 3 rings (SSSR count). The third-order valence-electron chi connectivity index (χ3n) is 6.18. The number of fused-ring (bicyclic) bond motifs is 1. The summed E-state index contributed by atoms with van der Waals surface area (Å²) >= 11 is 1.40. The SMILES string of the molecule is C[C@@H](NC(=O)CC(N)=O)[C@H]1C(=O)N2C(C(=O)O)=C(S[C@@H]3CN[C@H](C(=O)N(C)C)C3)[C@H](C)[C@H]12. The number of nitrogens with one attached hydrogen (secondary N) is 2. The van der Waals surface area contributed by atoms with Gasteiger partial charge in [-0.2, -0.15) is 0 Å². The van der Waals surface area contributed by atoms with E-state index in [1.807, 2.05) is 6.92 Å². The third kappa shape index (κ3) is 4.33. The number of thioether (sulfide) groups is 1. The molecule has 0 aromatic heterocycles. The Morgan fingerprint density at radius 2 is 2.00 bits per heavy atom. The second-order valence-electron chi connectivity index (χ2n) is 8.70. The number of nitrogens with zero attached hydrogens (tertiary/aromatic N) is 2. The quantitative estimate of drug-likeness (QED) is 0.253. The molecule has 6 atom stereocenters. The Labute approximate surface area is 190 Å². The van der Waals surface area contributed by atoms with Gasteiger partial charge in [-0.25, -0.2) is 4.79 Å². The van der Waals surface area contributed by atoms with Gasteiger partial charge in [-0.15, -0.1) is 11.8 Å². The maximum atomic E-state index is 12.9. The van der Waals surface area contributed by atoms with E-state index in [-0.39, 0.29) is 34.7 Å². The molecule has 11 nitrogen and oxygen atoms in total. The van der Waals surface area contributed by atoms with E-state index in [4.69, 9.17) is 5.73 Å². The minimum atomic E-state index is -1.18. The zero-order valence-electron chi connectivity index (χ0n) is 18.5. The first kappa shape index (κ1) is 24.1. The molecule has 3 aliphatic rings. The Morgan fingerprint density at radius 1 is 1.34 bits per heavy atom. The Bertz CT molecular complexity index is 890. The number of aliphatic carboxylic acids is 1. The van der Waals surface area contributed by atoms with Gasteiger partial charge in [-0.1, -0.05) is 6.92 Å². The topological polar surface area (TPSA) is 162 Å². The minimum absolute atomic E-state index is 0.00403.